The van der Waals surface area contributed by atoms with Crippen molar-refractivity contribution in [2.24, 2.45) is 0 Å². The fourth-order valence-corrected chi connectivity index (χ4v) is 4.93. The molecule has 9 nitrogen and oxygen atoms in total. The molecule has 3 rings (SSSR count). The van der Waals surface area contributed by atoms with Gasteiger partial charge in [0.15, 0.2) is 0 Å². The van der Waals surface area contributed by atoms with E-state index in [-0.39, 0.29) is 29.0 Å². The first-order valence-electron chi connectivity index (χ1n) is 10.7. The molecule has 2 aromatic rings. The summed E-state index contributed by atoms with van der Waals surface area (Å²) in [4.78, 5) is 39.4. The van der Waals surface area contributed by atoms with E-state index in [1.807, 2.05) is 32.0 Å². The Morgan fingerprint density at radius 3 is 2.61 bits per heavy atom. The van der Waals surface area contributed by atoms with Crippen LogP contribution in [0.2, 0.25) is 0 Å². The van der Waals surface area contributed by atoms with Crippen LogP contribution in [0.25, 0.3) is 0 Å². The van der Waals surface area contributed by atoms with Crippen molar-refractivity contribution in [2.45, 2.75) is 31.7 Å². The van der Waals surface area contributed by atoms with Crippen molar-refractivity contribution in [1.82, 2.24) is 4.90 Å². The van der Waals surface area contributed by atoms with E-state index in [1.165, 1.54) is 12.1 Å². The van der Waals surface area contributed by atoms with Crippen molar-refractivity contribution in [3.63, 3.8) is 0 Å². The molecule has 1 aliphatic rings. The molecule has 1 saturated heterocycles. The molecule has 0 bridgehead atoms. The third kappa shape index (κ3) is 5.82. The van der Waals surface area contributed by atoms with E-state index in [1.54, 1.807) is 11.8 Å². The lowest BCUT2D eigenvalue weighted by Crippen LogP contribution is -2.53. The van der Waals surface area contributed by atoms with Gasteiger partial charge in [-0.25, -0.2) is 4.79 Å². The first-order chi connectivity index (χ1) is 15.7. The molecule has 33 heavy (non-hydrogen) atoms. The van der Waals surface area contributed by atoms with Crippen molar-refractivity contribution in [2.75, 3.05) is 36.9 Å². The highest BCUT2D eigenvalue weighted by Gasteiger charge is 2.32. The summed E-state index contributed by atoms with van der Waals surface area (Å²) >= 11 is -1.95. The molecule has 0 N–H and O–H groups in total. The van der Waals surface area contributed by atoms with E-state index in [4.69, 9.17) is 4.74 Å². The monoisotopic (exact) mass is 473 g/mol. The number of carbonyl (C=O) groups is 2. The number of hydrogen-bond donors (Lipinski definition) is 0. The van der Waals surface area contributed by atoms with Crippen LogP contribution in [-0.4, -0.2) is 64.3 Å². The highest BCUT2D eigenvalue weighted by atomic mass is 32.2. The number of esters is 1. The SMILES string of the molecule is CCOC(=O)C[S+]([O-])c1ccc(C(=O)N2CCN(c3cccc(C)c3)C(C)C2)cc1[N+](=O)[O-]. The predicted octanol–water partition coefficient (Wildman–Crippen LogP) is 2.92. The van der Waals surface area contributed by atoms with Crippen LogP contribution in [0.1, 0.15) is 29.8 Å². The largest absolute Gasteiger partial charge is 0.611 e. The summed E-state index contributed by atoms with van der Waals surface area (Å²) in [5.74, 6) is -1.51. The second kappa shape index (κ2) is 10.7. The molecule has 1 fully saturated rings. The second-order valence-corrected chi connectivity index (χ2v) is 9.29. The van der Waals surface area contributed by atoms with Crippen molar-refractivity contribution >= 4 is 34.4 Å². The predicted molar refractivity (Wildman–Crippen MR) is 125 cm³/mol. The molecule has 1 aliphatic heterocycles. The van der Waals surface area contributed by atoms with Crippen LogP contribution in [0.15, 0.2) is 47.4 Å². The Morgan fingerprint density at radius 1 is 1.21 bits per heavy atom. The Bertz CT molecular complexity index is 1050. The maximum absolute atomic E-state index is 13.1. The molecular weight excluding hydrogens is 446 g/mol. The maximum Gasteiger partial charge on any atom is 0.356 e. The van der Waals surface area contributed by atoms with Crippen LogP contribution in [0, 0.1) is 17.0 Å². The van der Waals surface area contributed by atoms with E-state index in [9.17, 15) is 24.3 Å². The highest BCUT2D eigenvalue weighted by Crippen LogP contribution is 2.28. The fraction of sp³-hybridized carbons (Fsp3) is 0.391. The van der Waals surface area contributed by atoms with Crippen LogP contribution >= 0.6 is 0 Å². The smallest absolute Gasteiger partial charge is 0.356 e. The summed E-state index contributed by atoms with van der Waals surface area (Å²) in [5, 5.41) is 11.6. The van der Waals surface area contributed by atoms with Crippen molar-refractivity contribution in [3.05, 3.63) is 63.7 Å². The van der Waals surface area contributed by atoms with Gasteiger partial charge in [0.05, 0.1) is 11.5 Å². The molecule has 2 unspecified atom stereocenters. The lowest BCUT2D eigenvalue weighted by molar-refractivity contribution is -0.387. The zero-order valence-electron chi connectivity index (χ0n) is 18.9. The van der Waals surface area contributed by atoms with Gasteiger partial charge >= 0.3 is 11.7 Å². The summed E-state index contributed by atoms with van der Waals surface area (Å²) in [6.45, 7) is 7.39. The van der Waals surface area contributed by atoms with Crippen LogP contribution < -0.4 is 4.90 Å². The Hall–Kier alpha value is -3.11. The average Bonchev–Trinajstić information content (AvgIpc) is 2.78. The molecule has 0 radical (unpaired) electrons. The van der Waals surface area contributed by atoms with Gasteiger partial charge in [0.1, 0.15) is 0 Å². The van der Waals surface area contributed by atoms with E-state index in [2.05, 4.69) is 11.0 Å². The summed E-state index contributed by atoms with van der Waals surface area (Å²) in [5.41, 5.74) is 1.95. The molecule has 0 aromatic heterocycles. The molecule has 176 valence electrons. The molecule has 0 saturated carbocycles. The van der Waals surface area contributed by atoms with Crippen molar-refractivity contribution < 1.29 is 23.8 Å². The summed E-state index contributed by atoms with van der Waals surface area (Å²) < 4.78 is 17.2. The number of carbonyl (C=O) groups excluding carboxylic acids is 2. The number of nitro groups is 1. The number of benzene rings is 2. The highest BCUT2D eigenvalue weighted by molar-refractivity contribution is 7.92. The number of hydrogen-bond acceptors (Lipinski definition) is 7. The third-order valence-electron chi connectivity index (χ3n) is 5.45. The number of amides is 1. The number of rotatable bonds is 7. The van der Waals surface area contributed by atoms with Gasteiger partial charge in [-0.05, 0) is 44.5 Å². The minimum Gasteiger partial charge on any atom is -0.611 e. The Morgan fingerprint density at radius 2 is 1.97 bits per heavy atom. The van der Waals surface area contributed by atoms with E-state index >= 15 is 0 Å². The lowest BCUT2D eigenvalue weighted by Gasteiger charge is -2.41. The minimum atomic E-state index is -1.95. The molecule has 2 atom stereocenters. The van der Waals surface area contributed by atoms with Gasteiger partial charge in [0.2, 0.25) is 10.6 Å². The van der Waals surface area contributed by atoms with Crippen LogP contribution in [-0.2, 0) is 20.7 Å². The zero-order chi connectivity index (χ0) is 24.1. The first kappa shape index (κ1) is 24.5. The lowest BCUT2D eigenvalue weighted by atomic mass is 10.1. The van der Waals surface area contributed by atoms with Gasteiger partial charge in [-0.15, -0.1) is 0 Å². The van der Waals surface area contributed by atoms with E-state index in [0.717, 1.165) is 17.3 Å². The Kier molecular flexibility index (Phi) is 7.93. The van der Waals surface area contributed by atoms with Crippen molar-refractivity contribution in [3.8, 4) is 0 Å². The molecule has 10 heteroatoms. The van der Waals surface area contributed by atoms with Crippen LogP contribution in [0.4, 0.5) is 11.4 Å². The summed E-state index contributed by atoms with van der Waals surface area (Å²) in [7, 11) is 0. The van der Waals surface area contributed by atoms with Crippen LogP contribution in [0.5, 0.6) is 0 Å². The van der Waals surface area contributed by atoms with Gasteiger partial charge in [-0.3, -0.25) is 14.9 Å². The van der Waals surface area contributed by atoms with E-state index in [0.29, 0.717) is 19.6 Å². The van der Waals surface area contributed by atoms with Crippen LogP contribution in [0.3, 0.4) is 0 Å². The summed E-state index contributed by atoms with van der Waals surface area (Å²) in [6.07, 6.45) is 0. The number of anilines is 1. The second-order valence-electron chi connectivity index (χ2n) is 7.87. The standard InChI is InChI=1S/C23H27N3O6S/c1-4-32-22(27)15-33(31)21-9-8-18(13-20(21)26(29)30)23(28)24-10-11-25(17(3)14-24)19-7-5-6-16(2)12-19/h5-9,12-13,17H,4,10-11,14-15H2,1-3H3. The number of piperazine rings is 1. The molecule has 0 spiro atoms. The molecule has 0 aliphatic carbocycles. The number of nitrogens with zero attached hydrogens (tertiary/aromatic N) is 3. The maximum atomic E-state index is 13.1. The molecule has 1 amide bonds. The Labute approximate surface area is 195 Å². The fourth-order valence-electron chi connectivity index (χ4n) is 3.89. The van der Waals surface area contributed by atoms with Gasteiger partial charge in [-0.1, -0.05) is 12.1 Å². The quantitative estimate of drug-likeness (QED) is 0.263. The Balaban J connectivity index is 1.75. The zero-order valence-corrected chi connectivity index (χ0v) is 19.7. The normalized spacial score (nSPS) is 16.9. The topological polar surface area (TPSA) is 116 Å². The summed E-state index contributed by atoms with van der Waals surface area (Å²) in [6, 6.07) is 12.1. The molecule has 1 heterocycles. The first-order valence-corrected chi connectivity index (χ1v) is 12.0. The molecular formula is C23H27N3O6S. The van der Waals surface area contributed by atoms with Gasteiger partial charge in [0.25, 0.3) is 5.91 Å². The average molecular weight is 474 g/mol. The van der Waals surface area contributed by atoms with E-state index < -0.39 is 33.5 Å². The number of aryl methyl sites for hydroxylation is 1. The minimum absolute atomic E-state index is 0.0656. The number of nitro benzene ring substituents is 1. The van der Waals surface area contributed by atoms with Gasteiger partial charge < -0.3 is 19.1 Å². The third-order valence-corrected chi connectivity index (χ3v) is 6.78. The van der Waals surface area contributed by atoms with Gasteiger partial charge in [-0.2, -0.15) is 0 Å². The van der Waals surface area contributed by atoms with Crippen molar-refractivity contribution in [1.29, 1.82) is 0 Å². The number of ether oxygens (including phenoxy) is 1. The van der Waals surface area contributed by atoms with Gasteiger partial charge in [0, 0.05) is 60.2 Å². The molecule has 2 aromatic carbocycles.